The smallest absolute Gasteiger partial charge is 0.279 e. The third kappa shape index (κ3) is 5.59. The standard InChI is InChI=1S/C25H33N3O4S2/c1-5-9-18-27(7-3)34(30,31)20-15-13-19(14-16-20)24(29)26-25-28(17-6-2)23-21(32-8-4)11-10-12-22(23)33-25/h10-16H,5-9,17-18H2,1-4H3. The summed E-state index contributed by atoms with van der Waals surface area (Å²) >= 11 is 1.44. The molecule has 3 aromatic rings. The Balaban J connectivity index is 1.96. The summed E-state index contributed by atoms with van der Waals surface area (Å²) in [6, 6.07) is 11.9. The zero-order valence-corrected chi connectivity index (χ0v) is 21.9. The van der Waals surface area contributed by atoms with Crippen LogP contribution in [0.25, 0.3) is 10.2 Å². The van der Waals surface area contributed by atoms with Crippen LogP contribution in [0, 0.1) is 0 Å². The quantitative estimate of drug-likeness (QED) is 0.366. The minimum Gasteiger partial charge on any atom is -0.492 e. The first-order chi connectivity index (χ1) is 16.4. The number of sulfonamides is 1. The fourth-order valence-corrected chi connectivity index (χ4v) is 6.30. The molecule has 2 aromatic carbocycles. The van der Waals surface area contributed by atoms with Crippen LogP contribution in [0.1, 0.15) is 57.3 Å². The van der Waals surface area contributed by atoms with Crippen LogP contribution in [0.4, 0.5) is 0 Å². The van der Waals surface area contributed by atoms with E-state index in [1.807, 2.05) is 43.5 Å². The second kappa shape index (κ2) is 11.8. The molecule has 7 nitrogen and oxygen atoms in total. The lowest BCUT2D eigenvalue weighted by molar-refractivity contribution is 0.0997. The van der Waals surface area contributed by atoms with Crippen LogP contribution in [0.2, 0.25) is 0 Å². The monoisotopic (exact) mass is 503 g/mol. The van der Waals surface area contributed by atoms with E-state index in [1.54, 1.807) is 0 Å². The number of benzene rings is 2. The maximum absolute atomic E-state index is 13.0. The molecule has 0 saturated heterocycles. The number of unbranched alkanes of at least 4 members (excludes halogenated alkanes) is 1. The van der Waals surface area contributed by atoms with Crippen molar-refractivity contribution in [1.82, 2.24) is 8.87 Å². The molecule has 0 bridgehead atoms. The Bertz CT molecular complexity index is 1290. The van der Waals surface area contributed by atoms with Gasteiger partial charge in [0.15, 0.2) is 4.80 Å². The average Bonchev–Trinajstić information content (AvgIpc) is 3.17. The van der Waals surface area contributed by atoms with Crippen molar-refractivity contribution in [2.24, 2.45) is 4.99 Å². The lowest BCUT2D eigenvalue weighted by atomic mass is 10.2. The van der Waals surface area contributed by atoms with E-state index >= 15 is 0 Å². The summed E-state index contributed by atoms with van der Waals surface area (Å²) in [5.74, 6) is 0.369. The Kier molecular flexibility index (Phi) is 9.04. The van der Waals surface area contributed by atoms with Crippen molar-refractivity contribution in [3.63, 3.8) is 0 Å². The van der Waals surface area contributed by atoms with Crippen LogP contribution in [0.15, 0.2) is 52.4 Å². The number of aromatic nitrogens is 1. The van der Waals surface area contributed by atoms with Crippen molar-refractivity contribution in [3.8, 4) is 5.75 Å². The summed E-state index contributed by atoms with van der Waals surface area (Å²) in [4.78, 5) is 18.2. The molecule has 0 spiro atoms. The van der Waals surface area contributed by atoms with Gasteiger partial charge in [-0.2, -0.15) is 9.30 Å². The third-order valence-corrected chi connectivity index (χ3v) is 8.49. The number of carbonyl (C=O) groups excluding carboxylic acids is 1. The molecule has 0 unspecified atom stereocenters. The number of amides is 1. The molecule has 0 aliphatic heterocycles. The molecular formula is C25H33N3O4S2. The van der Waals surface area contributed by atoms with Gasteiger partial charge in [-0.3, -0.25) is 4.79 Å². The number of ether oxygens (including phenoxy) is 1. The van der Waals surface area contributed by atoms with E-state index < -0.39 is 15.9 Å². The number of thiazole rings is 1. The number of fused-ring (bicyclic) bond motifs is 1. The van der Waals surface area contributed by atoms with Crippen molar-refractivity contribution >= 4 is 37.5 Å². The molecule has 0 radical (unpaired) electrons. The van der Waals surface area contributed by atoms with E-state index in [4.69, 9.17) is 4.74 Å². The Morgan fingerprint density at radius 1 is 1.06 bits per heavy atom. The summed E-state index contributed by atoms with van der Waals surface area (Å²) in [6.45, 7) is 10.0. The van der Waals surface area contributed by atoms with Gasteiger partial charge in [0.1, 0.15) is 11.3 Å². The van der Waals surface area contributed by atoms with Crippen molar-refractivity contribution < 1.29 is 17.9 Å². The van der Waals surface area contributed by atoms with Crippen LogP contribution in [0.3, 0.4) is 0 Å². The highest BCUT2D eigenvalue weighted by atomic mass is 32.2. The van der Waals surface area contributed by atoms with E-state index in [2.05, 4.69) is 11.9 Å². The first-order valence-corrected chi connectivity index (χ1v) is 14.1. The van der Waals surface area contributed by atoms with Gasteiger partial charge in [-0.05, 0) is 56.2 Å². The summed E-state index contributed by atoms with van der Waals surface area (Å²) in [5.41, 5.74) is 1.29. The van der Waals surface area contributed by atoms with Gasteiger partial charge in [-0.15, -0.1) is 0 Å². The van der Waals surface area contributed by atoms with Gasteiger partial charge >= 0.3 is 0 Å². The zero-order valence-electron chi connectivity index (χ0n) is 20.3. The van der Waals surface area contributed by atoms with E-state index in [1.165, 1.54) is 39.9 Å². The lowest BCUT2D eigenvalue weighted by Gasteiger charge is -2.20. The molecule has 1 heterocycles. The number of para-hydroxylation sites is 1. The van der Waals surface area contributed by atoms with E-state index in [-0.39, 0.29) is 4.90 Å². The van der Waals surface area contributed by atoms with Gasteiger partial charge in [0.25, 0.3) is 5.91 Å². The maximum Gasteiger partial charge on any atom is 0.279 e. The van der Waals surface area contributed by atoms with Gasteiger partial charge in [-0.25, -0.2) is 8.42 Å². The summed E-state index contributed by atoms with van der Waals surface area (Å²) in [7, 11) is -3.59. The fourth-order valence-electron chi connectivity index (χ4n) is 3.74. The molecular weight excluding hydrogens is 470 g/mol. The van der Waals surface area contributed by atoms with E-state index in [9.17, 15) is 13.2 Å². The van der Waals surface area contributed by atoms with E-state index in [0.717, 1.165) is 35.2 Å². The van der Waals surface area contributed by atoms with Crippen LogP contribution in [-0.4, -0.2) is 42.9 Å². The number of hydrogen-bond acceptors (Lipinski definition) is 5. The van der Waals surface area contributed by atoms with Gasteiger partial charge in [-0.1, -0.05) is 44.6 Å². The predicted molar refractivity (Wildman–Crippen MR) is 137 cm³/mol. The average molecular weight is 504 g/mol. The van der Waals surface area contributed by atoms with Gasteiger partial charge in [0.2, 0.25) is 10.0 Å². The van der Waals surface area contributed by atoms with Crippen molar-refractivity contribution in [3.05, 3.63) is 52.8 Å². The van der Waals surface area contributed by atoms with Gasteiger partial charge in [0.05, 0.1) is 16.2 Å². The molecule has 1 aromatic heterocycles. The maximum atomic E-state index is 13.0. The largest absolute Gasteiger partial charge is 0.492 e. The summed E-state index contributed by atoms with van der Waals surface area (Å²) < 4.78 is 36.2. The number of hydrogen-bond donors (Lipinski definition) is 0. The second-order valence-corrected chi connectivity index (χ2v) is 10.8. The number of aryl methyl sites for hydroxylation is 1. The first kappa shape index (κ1) is 26.1. The van der Waals surface area contributed by atoms with Crippen LogP contribution < -0.4 is 9.54 Å². The molecule has 3 rings (SSSR count). The zero-order chi connectivity index (χ0) is 24.7. The minimum atomic E-state index is -3.59. The SMILES string of the molecule is CCCCN(CC)S(=O)(=O)c1ccc(C(=O)N=c2sc3cccc(OCC)c3n2CCC)cc1. The van der Waals surface area contributed by atoms with Gasteiger partial charge in [0, 0.05) is 25.2 Å². The fraction of sp³-hybridized carbons (Fsp3) is 0.440. The molecule has 0 aliphatic rings. The predicted octanol–water partition coefficient (Wildman–Crippen LogP) is 5.06. The molecule has 0 atom stereocenters. The topological polar surface area (TPSA) is 81.0 Å². The molecule has 0 N–H and O–H groups in total. The molecule has 1 amide bonds. The second-order valence-electron chi connectivity index (χ2n) is 7.86. The molecule has 9 heteroatoms. The molecule has 0 aliphatic carbocycles. The normalized spacial score (nSPS) is 12.6. The highest BCUT2D eigenvalue weighted by molar-refractivity contribution is 7.89. The highest BCUT2D eigenvalue weighted by Gasteiger charge is 2.22. The Labute approximate surface area is 205 Å². The number of carbonyl (C=O) groups is 1. The molecule has 34 heavy (non-hydrogen) atoms. The Hall–Kier alpha value is -2.49. The molecule has 184 valence electrons. The van der Waals surface area contributed by atoms with Crippen LogP contribution in [-0.2, 0) is 16.6 Å². The van der Waals surface area contributed by atoms with Crippen molar-refractivity contribution in [2.75, 3.05) is 19.7 Å². The van der Waals surface area contributed by atoms with E-state index in [0.29, 0.717) is 36.6 Å². The van der Waals surface area contributed by atoms with Crippen LogP contribution >= 0.6 is 11.3 Å². The molecule has 0 saturated carbocycles. The lowest BCUT2D eigenvalue weighted by Crippen LogP contribution is -2.31. The van der Waals surface area contributed by atoms with Crippen molar-refractivity contribution in [1.29, 1.82) is 0 Å². The Morgan fingerprint density at radius 3 is 2.41 bits per heavy atom. The number of nitrogens with zero attached hydrogens (tertiary/aromatic N) is 3. The third-order valence-electron chi connectivity index (χ3n) is 5.46. The van der Waals surface area contributed by atoms with Crippen molar-refractivity contribution in [2.45, 2.75) is 58.4 Å². The molecule has 0 fully saturated rings. The number of rotatable bonds is 11. The van der Waals surface area contributed by atoms with Crippen LogP contribution in [0.5, 0.6) is 5.75 Å². The Morgan fingerprint density at radius 2 is 1.79 bits per heavy atom. The van der Waals surface area contributed by atoms with Gasteiger partial charge < -0.3 is 9.30 Å². The highest BCUT2D eigenvalue weighted by Crippen LogP contribution is 2.28. The summed E-state index contributed by atoms with van der Waals surface area (Å²) in [6.07, 6.45) is 2.61. The minimum absolute atomic E-state index is 0.186. The first-order valence-electron chi connectivity index (χ1n) is 11.8. The summed E-state index contributed by atoms with van der Waals surface area (Å²) in [5, 5.41) is 0.